The van der Waals surface area contributed by atoms with Gasteiger partial charge in [-0.15, -0.1) is 0 Å². The van der Waals surface area contributed by atoms with Gasteiger partial charge in [0.15, 0.2) is 0 Å². The molecule has 2 fully saturated rings. The van der Waals surface area contributed by atoms with Crippen LogP contribution < -0.4 is 0 Å². The van der Waals surface area contributed by atoms with Gasteiger partial charge in [-0.05, 0) is 37.5 Å². The Bertz CT molecular complexity index is 279. The summed E-state index contributed by atoms with van der Waals surface area (Å²) in [5.74, 6) is 1.24. The first kappa shape index (κ1) is 15.6. The van der Waals surface area contributed by atoms with Crippen LogP contribution in [0.5, 0.6) is 0 Å². The fourth-order valence-electron chi connectivity index (χ4n) is 3.16. The molecule has 0 radical (unpaired) electrons. The Labute approximate surface area is 120 Å². The summed E-state index contributed by atoms with van der Waals surface area (Å²) < 4.78 is 0. The quantitative estimate of drug-likeness (QED) is 0.573. The van der Waals surface area contributed by atoms with Crippen molar-refractivity contribution in [3.63, 3.8) is 0 Å². The van der Waals surface area contributed by atoms with Crippen LogP contribution in [0, 0.1) is 11.8 Å². The van der Waals surface area contributed by atoms with Gasteiger partial charge >= 0.3 is 6.16 Å². The monoisotopic (exact) mass is 286 g/mol. The number of hydrogen-bond donors (Lipinski definition) is 0. The molecular formula is C15H26O5. The maximum atomic E-state index is 11.4. The van der Waals surface area contributed by atoms with Crippen LogP contribution in [-0.2, 0) is 19.6 Å². The van der Waals surface area contributed by atoms with Crippen molar-refractivity contribution in [2.24, 2.45) is 11.8 Å². The van der Waals surface area contributed by atoms with Crippen molar-refractivity contribution in [3.8, 4) is 0 Å². The van der Waals surface area contributed by atoms with Crippen LogP contribution in [0.4, 0.5) is 4.79 Å². The Morgan fingerprint density at radius 1 is 0.800 bits per heavy atom. The minimum atomic E-state index is -0.901. The van der Waals surface area contributed by atoms with E-state index >= 15 is 0 Å². The highest BCUT2D eigenvalue weighted by molar-refractivity contribution is 5.58. The molecule has 5 nitrogen and oxygen atoms in total. The van der Waals surface area contributed by atoms with Crippen molar-refractivity contribution >= 4 is 6.16 Å². The molecule has 116 valence electrons. The molecule has 0 aromatic carbocycles. The Balaban J connectivity index is 1.58. The molecule has 4 unspecified atom stereocenters. The Morgan fingerprint density at radius 2 is 1.25 bits per heavy atom. The Kier molecular flexibility index (Phi) is 6.10. The number of carbonyl (C=O) groups is 1. The van der Waals surface area contributed by atoms with E-state index in [-0.39, 0.29) is 12.2 Å². The van der Waals surface area contributed by atoms with E-state index in [0.29, 0.717) is 11.8 Å². The van der Waals surface area contributed by atoms with E-state index in [4.69, 9.17) is 9.78 Å². The lowest BCUT2D eigenvalue weighted by Gasteiger charge is -2.25. The highest BCUT2D eigenvalue weighted by Crippen LogP contribution is 2.27. The summed E-state index contributed by atoms with van der Waals surface area (Å²) in [4.78, 5) is 31.0. The summed E-state index contributed by atoms with van der Waals surface area (Å²) in [6.07, 6.45) is 7.44. The van der Waals surface area contributed by atoms with Crippen molar-refractivity contribution in [1.82, 2.24) is 0 Å². The molecule has 0 N–H and O–H groups in total. The van der Waals surface area contributed by atoms with Crippen LogP contribution in [0.1, 0.15) is 65.2 Å². The summed E-state index contributed by atoms with van der Waals surface area (Å²) >= 11 is 0. The molecule has 2 rings (SSSR count). The van der Waals surface area contributed by atoms with Gasteiger partial charge in [0, 0.05) is 0 Å². The highest BCUT2D eigenvalue weighted by Gasteiger charge is 2.24. The zero-order valence-corrected chi connectivity index (χ0v) is 12.5. The molecule has 0 aliphatic heterocycles. The number of rotatable bonds is 4. The van der Waals surface area contributed by atoms with E-state index in [9.17, 15) is 4.79 Å². The average Bonchev–Trinajstić information content (AvgIpc) is 2.43. The van der Waals surface area contributed by atoms with Crippen LogP contribution in [0.15, 0.2) is 0 Å². The molecule has 4 atom stereocenters. The van der Waals surface area contributed by atoms with Crippen molar-refractivity contribution in [2.75, 3.05) is 0 Å². The van der Waals surface area contributed by atoms with E-state index in [2.05, 4.69) is 23.6 Å². The first-order valence-electron chi connectivity index (χ1n) is 7.84. The maximum absolute atomic E-state index is 11.4. The van der Waals surface area contributed by atoms with Gasteiger partial charge in [0.25, 0.3) is 0 Å². The van der Waals surface area contributed by atoms with Crippen LogP contribution in [0.2, 0.25) is 0 Å². The van der Waals surface area contributed by atoms with E-state index in [1.54, 1.807) is 0 Å². The maximum Gasteiger partial charge on any atom is 0.573 e. The molecule has 0 saturated heterocycles. The van der Waals surface area contributed by atoms with Gasteiger partial charge in [0.2, 0.25) is 0 Å². The lowest BCUT2D eigenvalue weighted by molar-refractivity contribution is -0.352. The van der Waals surface area contributed by atoms with E-state index < -0.39 is 6.16 Å². The molecule has 0 amide bonds. The van der Waals surface area contributed by atoms with Crippen LogP contribution >= 0.6 is 0 Å². The summed E-state index contributed by atoms with van der Waals surface area (Å²) in [6.45, 7) is 4.36. The van der Waals surface area contributed by atoms with Gasteiger partial charge in [-0.2, -0.15) is 14.6 Å². The zero-order chi connectivity index (χ0) is 14.4. The Hall–Kier alpha value is -0.810. The van der Waals surface area contributed by atoms with Crippen molar-refractivity contribution < 1.29 is 24.3 Å². The van der Waals surface area contributed by atoms with Crippen LogP contribution in [0.3, 0.4) is 0 Å². The molecule has 0 aromatic rings. The van der Waals surface area contributed by atoms with Gasteiger partial charge in [-0.25, -0.2) is 0 Å². The number of carbonyl (C=O) groups excluding carboxylic acids is 1. The molecule has 2 saturated carbocycles. The summed E-state index contributed by atoms with van der Waals surface area (Å²) in [5, 5.41) is 0. The minimum absolute atomic E-state index is 0.0130. The molecule has 0 spiro atoms. The first-order valence-corrected chi connectivity index (χ1v) is 7.84. The fraction of sp³-hybridized carbons (Fsp3) is 0.933. The first-order chi connectivity index (χ1) is 9.63. The SMILES string of the molecule is CC1CCCC(OOC(=O)OOC2CCCC(C)C2)C1. The van der Waals surface area contributed by atoms with E-state index in [1.807, 2.05) is 0 Å². The minimum Gasteiger partial charge on any atom is -0.257 e. The topological polar surface area (TPSA) is 54.0 Å². The van der Waals surface area contributed by atoms with E-state index in [1.165, 1.54) is 12.8 Å². The standard InChI is InChI=1S/C15H26O5/c1-11-5-3-7-13(9-11)17-19-15(16)20-18-14-8-4-6-12(2)10-14/h11-14H,3-10H2,1-2H3. The molecule has 2 aliphatic rings. The average molecular weight is 286 g/mol. The predicted molar refractivity (Wildman–Crippen MR) is 72.6 cm³/mol. The summed E-state index contributed by atoms with van der Waals surface area (Å²) in [7, 11) is 0. The fourth-order valence-corrected chi connectivity index (χ4v) is 3.16. The second-order valence-electron chi connectivity index (χ2n) is 6.40. The van der Waals surface area contributed by atoms with Gasteiger partial charge < -0.3 is 0 Å². The molecule has 0 heterocycles. The van der Waals surface area contributed by atoms with Gasteiger partial charge in [0.1, 0.15) is 12.2 Å². The number of hydrogen-bond acceptors (Lipinski definition) is 5. The molecule has 20 heavy (non-hydrogen) atoms. The third kappa shape index (κ3) is 5.29. The van der Waals surface area contributed by atoms with Crippen molar-refractivity contribution in [3.05, 3.63) is 0 Å². The lowest BCUT2D eigenvalue weighted by Crippen LogP contribution is -2.25. The Morgan fingerprint density at radius 3 is 1.65 bits per heavy atom. The second-order valence-corrected chi connectivity index (χ2v) is 6.40. The molecule has 2 aliphatic carbocycles. The second kappa shape index (κ2) is 7.84. The summed E-state index contributed by atoms with van der Waals surface area (Å²) in [6, 6.07) is 0. The molecule has 5 heteroatoms. The third-order valence-corrected chi connectivity index (χ3v) is 4.28. The predicted octanol–water partition coefficient (Wildman–Crippen LogP) is 4.16. The van der Waals surface area contributed by atoms with Gasteiger partial charge in [0.05, 0.1) is 0 Å². The lowest BCUT2D eigenvalue weighted by atomic mass is 9.89. The normalized spacial score (nSPS) is 34.5. The smallest absolute Gasteiger partial charge is 0.257 e. The van der Waals surface area contributed by atoms with Gasteiger partial charge in [-0.3, -0.25) is 9.78 Å². The highest BCUT2D eigenvalue weighted by atomic mass is 17.3. The van der Waals surface area contributed by atoms with Crippen LogP contribution in [0.25, 0.3) is 0 Å². The van der Waals surface area contributed by atoms with Gasteiger partial charge in [-0.1, -0.05) is 39.5 Å². The van der Waals surface area contributed by atoms with E-state index in [0.717, 1.165) is 38.5 Å². The summed E-state index contributed by atoms with van der Waals surface area (Å²) in [5.41, 5.74) is 0. The van der Waals surface area contributed by atoms with Crippen molar-refractivity contribution in [2.45, 2.75) is 77.4 Å². The molecule has 0 bridgehead atoms. The molecule has 0 aromatic heterocycles. The molecular weight excluding hydrogens is 260 g/mol. The zero-order valence-electron chi connectivity index (χ0n) is 12.5. The third-order valence-electron chi connectivity index (χ3n) is 4.28. The largest absolute Gasteiger partial charge is 0.573 e. The van der Waals surface area contributed by atoms with Crippen LogP contribution in [-0.4, -0.2) is 18.4 Å². The van der Waals surface area contributed by atoms with Crippen molar-refractivity contribution in [1.29, 1.82) is 0 Å².